The second kappa shape index (κ2) is 4.61. The fraction of sp³-hybridized carbons (Fsp3) is 0.111. The van der Waals surface area contributed by atoms with Crippen LogP contribution in [0.4, 0.5) is 27.6 Å². The number of halogens is 5. The van der Waals surface area contributed by atoms with E-state index >= 15 is 0 Å². The number of nitrogens with zero attached hydrogens (tertiary/aromatic N) is 2. The molecule has 0 bridgehead atoms. The minimum absolute atomic E-state index is 0.0636. The molecule has 2 aromatic rings. The maximum atomic E-state index is 13.3. The van der Waals surface area contributed by atoms with Crippen LogP contribution < -0.4 is 10.5 Å². The van der Waals surface area contributed by atoms with Gasteiger partial charge in [-0.05, 0) is 0 Å². The van der Waals surface area contributed by atoms with Crippen LogP contribution in [0.1, 0.15) is 5.01 Å². The van der Waals surface area contributed by atoms with Crippen molar-refractivity contribution in [2.75, 3.05) is 5.73 Å². The summed E-state index contributed by atoms with van der Waals surface area (Å²) in [5, 5.41) is 4.10. The van der Waals surface area contributed by atoms with Gasteiger partial charge in [0.25, 0.3) is 5.19 Å². The van der Waals surface area contributed by atoms with E-state index in [0.717, 1.165) is 0 Å². The number of alkyl halides is 3. The highest BCUT2D eigenvalue weighted by molar-refractivity contribution is 7.13. The Labute approximate surface area is 106 Å². The predicted octanol–water partition coefficient (Wildman–Crippen LogP) is 3.21. The summed E-state index contributed by atoms with van der Waals surface area (Å²) in [4.78, 5) is 0. The molecule has 4 nitrogen and oxygen atoms in total. The van der Waals surface area contributed by atoms with Crippen molar-refractivity contribution < 1.29 is 26.7 Å². The Morgan fingerprint density at radius 2 is 1.79 bits per heavy atom. The van der Waals surface area contributed by atoms with Crippen LogP contribution in [0, 0.1) is 11.6 Å². The van der Waals surface area contributed by atoms with Gasteiger partial charge in [-0.1, -0.05) is 16.4 Å². The average Bonchev–Trinajstić information content (AvgIpc) is 2.74. The van der Waals surface area contributed by atoms with Crippen molar-refractivity contribution in [1.82, 2.24) is 10.2 Å². The van der Waals surface area contributed by atoms with Crippen molar-refractivity contribution in [2.45, 2.75) is 6.18 Å². The molecule has 10 heteroatoms. The third kappa shape index (κ3) is 2.89. The smallest absolute Gasteiger partial charge is 0.427 e. The minimum Gasteiger partial charge on any atom is -0.427 e. The Balaban J connectivity index is 2.27. The Kier molecular flexibility index (Phi) is 3.27. The summed E-state index contributed by atoms with van der Waals surface area (Å²) < 4.78 is 67.8. The van der Waals surface area contributed by atoms with E-state index in [2.05, 4.69) is 10.2 Å². The molecule has 102 valence electrons. The monoisotopic (exact) mass is 297 g/mol. The first-order valence-electron chi connectivity index (χ1n) is 4.60. The molecule has 0 fully saturated rings. The van der Waals surface area contributed by atoms with Crippen molar-refractivity contribution in [3.8, 4) is 10.9 Å². The summed E-state index contributed by atoms with van der Waals surface area (Å²) in [6.07, 6.45) is -4.68. The first-order valence-corrected chi connectivity index (χ1v) is 5.42. The van der Waals surface area contributed by atoms with Crippen molar-refractivity contribution >= 4 is 17.0 Å². The molecule has 0 amide bonds. The topological polar surface area (TPSA) is 61.0 Å². The van der Waals surface area contributed by atoms with E-state index in [-0.39, 0.29) is 11.3 Å². The lowest BCUT2D eigenvalue weighted by atomic mass is 10.3. The lowest BCUT2D eigenvalue weighted by molar-refractivity contribution is -0.138. The van der Waals surface area contributed by atoms with Gasteiger partial charge in [0.2, 0.25) is 5.01 Å². The second-order valence-corrected chi connectivity index (χ2v) is 4.22. The number of anilines is 1. The molecule has 19 heavy (non-hydrogen) atoms. The van der Waals surface area contributed by atoms with E-state index in [9.17, 15) is 22.0 Å². The molecular weight excluding hydrogens is 293 g/mol. The maximum absolute atomic E-state index is 13.3. The zero-order valence-electron chi connectivity index (χ0n) is 8.83. The third-order valence-corrected chi connectivity index (χ3v) is 2.74. The molecule has 1 aromatic carbocycles. The van der Waals surface area contributed by atoms with Crippen molar-refractivity contribution in [3.63, 3.8) is 0 Å². The lowest BCUT2D eigenvalue weighted by Crippen LogP contribution is -2.03. The molecule has 1 aromatic heterocycles. The van der Waals surface area contributed by atoms with Crippen LogP contribution in [-0.4, -0.2) is 10.2 Å². The van der Waals surface area contributed by atoms with Crippen molar-refractivity contribution in [2.24, 2.45) is 0 Å². The maximum Gasteiger partial charge on any atom is 0.445 e. The zero-order valence-corrected chi connectivity index (χ0v) is 9.65. The first-order chi connectivity index (χ1) is 8.77. The quantitative estimate of drug-likeness (QED) is 0.683. The third-order valence-electron chi connectivity index (χ3n) is 1.90. The Hall–Kier alpha value is -1.97. The molecule has 0 aliphatic heterocycles. The molecule has 1 heterocycles. The fourth-order valence-electron chi connectivity index (χ4n) is 1.08. The first kappa shape index (κ1) is 13.5. The highest BCUT2D eigenvalue weighted by Crippen LogP contribution is 2.36. The number of benzene rings is 1. The molecule has 0 saturated heterocycles. The summed E-state index contributed by atoms with van der Waals surface area (Å²) in [6.45, 7) is 0. The van der Waals surface area contributed by atoms with E-state index in [4.69, 9.17) is 10.5 Å². The summed E-state index contributed by atoms with van der Waals surface area (Å²) in [5.74, 6) is -2.61. The molecule has 0 atom stereocenters. The summed E-state index contributed by atoms with van der Waals surface area (Å²) in [7, 11) is 0. The van der Waals surface area contributed by atoms with Crippen molar-refractivity contribution in [3.05, 3.63) is 28.8 Å². The van der Waals surface area contributed by atoms with Crippen molar-refractivity contribution in [1.29, 1.82) is 0 Å². The van der Waals surface area contributed by atoms with Gasteiger partial charge in [-0.25, -0.2) is 8.78 Å². The van der Waals surface area contributed by atoms with Crippen LogP contribution in [-0.2, 0) is 6.18 Å². The molecule has 0 aliphatic carbocycles. The number of nitrogens with two attached hydrogens (primary N) is 1. The van der Waals surface area contributed by atoms with E-state index in [1.165, 1.54) is 0 Å². The molecule has 2 rings (SSSR count). The molecular formula is C9H4F5N3OS. The summed E-state index contributed by atoms with van der Waals surface area (Å²) in [5.41, 5.74) is 4.65. The highest BCUT2D eigenvalue weighted by Gasteiger charge is 2.36. The van der Waals surface area contributed by atoms with Crippen LogP contribution in [0.15, 0.2) is 12.1 Å². The molecule has 0 saturated carbocycles. The molecule has 0 aliphatic rings. The van der Waals surface area contributed by atoms with E-state index < -0.39 is 39.4 Å². The van der Waals surface area contributed by atoms with Gasteiger partial charge in [0.05, 0.1) is 5.69 Å². The number of rotatable bonds is 2. The largest absolute Gasteiger partial charge is 0.445 e. The van der Waals surface area contributed by atoms with Crippen LogP contribution in [0.25, 0.3) is 0 Å². The molecule has 0 radical (unpaired) electrons. The van der Waals surface area contributed by atoms with E-state index in [0.29, 0.717) is 12.1 Å². The number of ether oxygens (including phenoxy) is 1. The number of hydrogen-bond acceptors (Lipinski definition) is 5. The van der Waals surface area contributed by atoms with Crippen LogP contribution in [0.3, 0.4) is 0 Å². The zero-order chi connectivity index (χ0) is 14.2. The standard InChI is InChI=1S/C9H4F5N3OS/c10-3-2-6(4(11)1-5(3)15)18-8-17-16-7(19-8)9(12,13)14/h1-2H,15H2. The van der Waals surface area contributed by atoms with Crippen LogP contribution in [0.2, 0.25) is 0 Å². The summed E-state index contributed by atoms with van der Waals surface area (Å²) >= 11 is 0.0636. The normalized spacial score (nSPS) is 11.6. The molecule has 0 unspecified atom stereocenters. The van der Waals surface area contributed by atoms with Gasteiger partial charge in [0.15, 0.2) is 11.6 Å². The van der Waals surface area contributed by atoms with Gasteiger partial charge in [0.1, 0.15) is 5.82 Å². The van der Waals surface area contributed by atoms with Gasteiger partial charge < -0.3 is 10.5 Å². The van der Waals surface area contributed by atoms with E-state index in [1.807, 2.05) is 0 Å². The van der Waals surface area contributed by atoms with Gasteiger partial charge in [0, 0.05) is 12.1 Å². The average molecular weight is 297 g/mol. The van der Waals surface area contributed by atoms with Gasteiger partial charge in [-0.3, -0.25) is 0 Å². The number of aromatic nitrogens is 2. The Bertz CT molecular complexity index is 612. The summed E-state index contributed by atoms with van der Waals surface area (Å²) in [6, 6.07) is 1.26. The number of hydrogen-bond donors (Lipinski definition) is 1. The fourth-order valence-corrected chi connectivity index (χ4v) is 1.66. The Morgan fingerprint density at radius 1 is 1.11 bits per heavy atom. The van der Waals surface area contributed by atoms with Gasteiger partial charge in [-0.15, -0.1) is 5.10 Å². The Morgan fingerprint density at radius 3 is 2.37 bits per heavy atom. The van der Waals surface area contributed by atoms with Crippen LogP contribution in [0.5, 0.6) is 10.9 Å². The number of nitrogen functional groups attached to an aromatic ring is 1. The van der Waals surface area contributed by atoms with Crippen LogP contribution >= 0.6 is 11.3 Å². The predicted molar refractivity (Wildman–Crippen MR) is 55.8 cm³/mol. The molecule has 2 N–H and O–H groups in total. The van der Waals surface area contributed by atoms with E-state index in [1.54, 1.807) is 0 Å². The second-order valence-electron chi connectivity index (χ2n) is 3.28. The molecule has 0 spiro atoms. The highest BCUT2D eigenvalue weighted by atomic mass is 32.1. The van der Waals surface area contributed by atoms with Gasteiger partial charge in [-0.2, -0.15) is 13.2 Å². The lowest BCUT2D eigenvalue weighted by Gasteiger charge is -2.04. The SMILES string of the molecule is Nc1cc(F)c(Oc2nnc(C(F)(F)F)s2)cc1F. The minimum atomic E-state index is -4.68. The van der Waals surface area contributed by atoms with Gasteiger partial charge >= 0.3 is 6.18 Å².